The fourth-order valence-electron chi connectivity index (χ4n) is 3.73. The van der Waals surface area contributed by atoms with Crippen molar-refractivity contribution in [2.45, 2.75) is 32.6 Å². The predicted molar refractivity (Wildman–Crippen MR) is 106 cm³/mol. The van der Waals surface area contributed by atoms with Crippen molar-refractivity contribution in [3.63, 3.8) is 0 Å². The normalized spacial score (nSPS) is 14.6. The molecule has 0 saturated heterocycles. The van der Waals surface area contributed by atoms with Crippen LogP contribution in [0.1, 0.15) is 23.4 Å². The molecule has 3 aromatic rings. The molecule has 0 radical (unpaired) electrons. The second kappa shape index (κ2) is 8.50. The molecule has 1 amide bonds. The van der Waals surface area contributed by atoms with Crippen molar-refractivity contribution in [1.29, 1.82) is 0 Å². The van der Waals surface area contributed by atoms with E-state index in [0.717, 1.165) is 43.8 Å². The third-order valence-electron chi connectivity index (χ3n) is 5.02. The topological polar surface area (TPSA) is 72.3 Å². The van der Waals surface area contributed by atoms with E-state index < -0.39 is 0 Å². The van der Waals surface area contributed by atoms with Crippen LogP contribution in [0.5, 0.6) is 0 Å². The van der Waals surface area contributed by atoms with Gasteiger partial charge in [0.25, 0.3) is 0 Å². The summed E-state index contributed by atoms with van der Waals surface area (Å²) in [7, 11) is 1.51. The lowest BCUT2D eigenvalue weighted by atomic mass is 10.1. The molecule has 0 atom stereocenters. The first-order chi connectivity index (χ1) is 13.7. The first kappa shape index (κ1) is 18.6. The fourth-order valence-corrected chi connectivity index (χ4v) is 3.73. The number of amides is 1. The summed E-state index contributed by atoms with van der Waals surface area (Å²) in [6.07, 6.45) is 2.89. The average molecular weight is 379 g/mol. The Kier molecular flexibility index (Phi) is 5.64. The van der Waals surface area contributed by atoms with E-state index in [0.29, 0.717) is 6.54 Å². The highest BCUT2D eigenvalue weighted by atomic mass is 16.5. The van der Waals surface area contributed by atoms with Crippen molar-refractivity contribution in [3.8, 4) is 0 Å². The molecule has 0 saturated carbocycles. The van der Waals surface area contributed by atoms with Crippen LogP contribution in [-0.4, -0.2) is 45.8 Å². The predicted octanol–water partition coefficient (Wildman–Crippen LogP) is 2.10. The smallest absolute Gasteiger partial charge is 0.246 e. The molecule has 0 unspecified atom stereocenters. The van der Waals surface area contributed by atoms with Crippen LogP contribution in [0.3, 0.4) is 0 Å². The molecule has 28 heavy (non-hydrogen) atoms. The summed E-state index contributed by atoms with van der Waals surface area (Å²) in [6, 6.07) is 12.5. The van der Waals surface area contributed by atoms with Crippen LogP contribution >= 0.6 is 0 Å². The molecule has 0 spiro atoms. The van der Waals surface area contributed by atoms with E-state index >= 15 is 0 Å². The number of hydrogen-bond acceptors (Lipinski definition) is 5. The van der Waals surface area contributed by atoms with Gasteiger partial charge >= 0.3 is 0 Å². The highest BCUT2D eigenvalue weighted by Gasteiger charge is 2.18. The maximum Gasteiger partial charge on any atom is 0.246 e. The molecule has 146 valence electrons. The zero-order valence-electron chi connectivity index (χ0n) is 16.1. The van der Waals surface area contributed by atoms with E-state index in [2.05, 4.69) is 55.3 Å². The summed E-state index contributed by atoms with van der Waals surface area (Å²) in [4.78, 5) is 18.5. The Hall–Kier alpha value is -2.77. The van der Waals surface area contributed by atoms with Gasteiger partial charge in [-0.15, -0.1) is 0 Å². The quantitative estimate of drug-likeness (QED) is 0.710. The molecular formula is C21H25N5O2. The molecule has 7 nitrogen and oxygen atoms in total. The first-order valence-corrected chi connectivity index (χ1v) is 9.59. The van der Waals surface area contributed by atoms with Gasteiger partial charge in [0, 0.05) is 44.9 Å². The van der Waals surface area contributed by atoms with Crippen LogP contribution in [0.2, 0.25) is 0 Å². The Balaban J connectivity index is 1.46. The molecule has 1 aliphatic rings. The first-order valence-electron chi connectivity index (χ1n) is 9.59. The number of fused-ring (bicyclic) bond motifs is 2. The Labute approximate surface area is 164 Å². The molecule has 2 aromatic heterocycles. The number of nitrogens with zero attached hydrogens (tertiary/aromatic N) is 4. The van der Waals surface area contributed by atoms with Crippen LogP contribution in [0.15, 0.2) is 42.6 Å². The zero-order chi connectivity index (χ0) is 19.3. The second-order valence-corrected chi connectivity index (χ2v) is 7.11. The van der Waals surface area contributed by atoms with Gasteiger partial charge in [0.15, 0.2) is 0 Å². The molecule has 1 aliphatic heterocycles. The minimum Gasteiger partial charge on any atom is -0.375 e. The number of nitrogens with one attached hydrogen (secondary N) is 1. The number of ether oxygens (including phenoxy) is 1. The van der Waals surface area contributed by atoms with Crippen molar-refractivity contribution >= 4 is 16.8 Å². The van der Waals surface area contributed by atoms with Crippen molar-refractivity contribution in [1.82, 2.24) is 25.0 Å². The van der Waals surface area contributed by atoms with Crippen molar-refractivity contribution in [3.05, 3.63) is 59.5 Å². The summed E-state index contributed by atoms with van der Waals surface area (Å²) in [5.74, 6) is -0.128. The molecule has 0 aliphatic carbocycles. The minimum atomic E-state index is -0.128. The number of rotatable bonds is 6. The van der Waals surface area contributed by atoms with E-state index in [1.54, 1.807) is 0 Å². The van der Waals surface area contributed by atoms with Crippen molar-refractivity contribution in [2.75, 3.05) is 20.3 Å². The fraction of sp³-hybridized carbons (Fsp3) is 0.381. The molecule has 3 heterocycles. The molecule has 0 fully saturated rings. The van der Waals surface area contributed by atoms with Crippen molar-refractivity contribution < 1.29 is 9.53 Å². The number of methoxy groups -OCH3 is 1. The van der Waals surface area contributed by atoms with E-state index in [1.165, 1.54) is 23.8 Å². The molecular weight excluding hydrogens is 354 g/mol. The van der Waals surface area contributed by atoms with Crippen LogP contribution in [0.25, 0.3) is 10.9 Å². The molecule has 7 heteroatoms. The summed E-state index contributed by atoms with van der Waals surface area (Å²) in [6.45, 7) is 4.15. The Morgan fingerprint density at radius 3 is 3.07 bits per heavy atom. The lowest BCUT2D eigenvalue weighted by Crippen LogP contribution is -2.26. The van der Waals surface area contributed by atoms with Gasteiger partial charge in [-0.25, -0.2) is 0 Å². The standard InChI is InChI=1S/C21H25N5O2/c1-28-15-21(27)23-12-17-11-18-14-25(9-4-10-26(18)24-17)13-16-5-2-7-20-19(16)6-3-8-22-20/h2-3,5-8,11H,4,9-10,12-15H2,1H3,(H,23,27). The van der Waals surface area contributed by atoms with E-state index in [4.69, 9.17) is 4.74 Å². The van der Waals surface area contributed by atoms with Gasteiger partial charge in [-0.05, 0) is 30.2 Å². The number of carbonyl (C=O) groups is 1. The number of hydrogen-bond donors (Lipinski definition) is 1. The number of carbonyl (C=O) groups excluding carboxylic acids is 1. The average Bonchev–Trinajstić information content (AvgIpc) is 2.99. The minimum absolute atomic E-state index is 0.0707. The van der Waals surface area contributed by atoms with Gasteiger partial charge < -0.3 is 10.1 Å². The van der Waals surface area contributed by atoms with E-state index in [9.17, 15) is 4.79 Å². The third-order valence-corrected chi connectivity index (χ3v) is 5.02. The largest absolute Gasteiger partial charge is 0.375 e. The monoisotopic (exact) mass is 379 g/mol. The summed E-state index contributed by atoms with van der Waals surface area (Å²) in [5, 5.41) is 8.71. The third kappa shape index (κ3) is 4.21. The summed E-state index contributed by atoms with van der Waals surface area (Å²) < 4.78 is 6.91. The Bertz CT molecular complexity index is 963. The summed E-state index contributed by atoms with van der Waals surface area (Å²) >= 11 is 0. The number of benzene rings is 1. The highest BCUT2D eigenvalue weighted by Crippen LogP contribution is 2.21. The van der Waals surface area contributed by atoms with Crippen LogP contribution in [0, 0.1) is 0 Å². The maximum absolute atomic E-state index is 11.6. The van der Waals surface area contributed by atoms with Crippen LogP contribution in [-0.2, 0) is 35.7 Å². The van der Waals surface area contributed by atoms with Gasteiger partial charge in [0.05, 0.1) is 23.4 Å². The SMILES string of the molecule is COCC(=O)NCc1cc2n(n1)CCCN(Cc1cccc3ncccc13)C2. The van der Waals surface area contributed by atoms with Gasteiger partial charge in [0.2, 0.25) is 5.91 Å². The highest BCUT2D eigenvalue weighted by molar-refractivity contribution is 5.81. The van der Waals surface area contributed by atoms with E-state index in [-0.39, 0.29) is 12.5 Å². The lowest BCUT2D eigenvalue weighted by molar-refractivity contribution is -0.124. The van der Waals surface area contributed by atoms with Gasteiger partial charge in [0.1, 0.15) is 6.61 Å². The van der Waals surface area contributed by atoms with E-state index in [1.807, 2.05) is 12.3 Å². The number of aryl methyl sites for hydroxylation is 1. The van der Waals surface area contributed by atoms with Gasteiger partial charge in [-0.3, -0.25) is 19.4 Å². The molecule has 1 N–H and O–H groups in total. The van der Waals surface area contributed by atoms with Gasteiger partial charge in [-0.1, -0.05) is 18.2 Å². The number of pyridine rings is 1. The zero-order valence-corrected chi connectivity index (χ0v) is 16.1. The van der Waals surface area contributed by atoms with Crippen molar-refractivity contribution in [2.24, 2.45) is 0 Å². The lowest BCUT2D eigenvalue weighted by Gasteiger charge is -2.20. The van der Waals surface area contributed by atoms with Crippen LogP contribution < -0.4 is 5.32 Å². The second-order valence-electron chi connectivity index (χ2n) is 7.11. The molecule has 0 bridgehead atoms. The van der Waals surface area contributed by atoms with Crippen LogP contribution in [0.4, 0.5) is 0 Å². The van der Waals surface area contributed by atoms with Gasteiger partial charge in [-0.2, -0.15) is 5.10 Å². The molecule has 1 aromatic carbocycles. The number of aromatic nitrogens is 3. The Morgan fingerprint density at radius 2 is 2.18 bits per heavy atom. The maximum atomic E-state index is 11.6. The Morgan fingerprint density at radius 1 is 1.25 bits per heavy atom. The molecule has 4 rings (SSSR count). The summed E-state index contributed by atoms with van der Waals surface area (Å²) in [5.41, 5.74) is 4.40.